The Bertz CT molecular complexity index is 580. The number of hydrogen-bond acceptors (Lipinski definition) is 1. The van der Waals surface area contributed by atoms with Gasteiger partial charge in [-0.15, -0.1) is 0 Å². The highest BCUT2D eigenvalue weighted by atomic mass is 16.1. The van der Waals surface area contributed by atoms with Crippen LogP contribution in [0.4, 0.5) is 0 Å². The smallest absolute Gasteiger partial charge is 0.266 e. The van der Waals surface area contributed by atoms with Gasteiger partial charge in [0.1, 0.15) is 0 Å². The molecule has 0 atom stereocenters. The van der Waals surface area contributed by atoms with Crippen LogP contribution in [0.15, 0.2) is 10.9 Å². The zero-order valence-corrected chi connectivity index (χ0v) is 16.6. The van der Waals surface area contributed by atoms with E-state index in [1.165, 1.54) is 102 Å². The molecule has 146 valence electrons. The van der Waals surface area contributed by atoms with Crippen LogP contribution in [0, 0.1) is 17.8 Å². The van der Waals surface area contributed by atoms with E-state index in [0.29, 0.717) is 17.9 Å². The van der Waals surface area contributed by atoms with Crippen LogP contribution in [0.1, 0.15) is 108 Å². The van der Waals surface area contributed by atoms with Gasteiger partial charge in [-0.05, 0) is 56.3 Å². The van der Waals surface area contributed by atoms with E-state index in [-0.39, 0.29) is 5.56 Å². The Morgan fingerprint density at radius 3 is 1.96 bits per heavy atom. The van der Waals surface area contributed by atoms with Crippen molar-refractivity contribution >= 4 is 0 Å². The van der Waals surface area contributed by atoms with Crippen LogP contribution in [0.5, 0.6) is 0 Å². The zero-order valence-electron chi connectivity index (χ0n) is 16.6. The molecule has 0 amide bonds. The van der Waals surface area contributed by atoms with E-state index in [1.54, 1.807) is 0 Å². The Hall–Kier alpha value is -0.990. The van der Waals surface area contributed by atoms with Crippen molar-refractivity contribution in [1.82, 2.24) is 9.78 Å². The summed E-state index contributed by atoms with van der Waals surface area (Å²) < 4.78 is 2.09. The van der Waals surface area contributed by atoms with Gasteiger partial charge in [0.2, 0.25) is 0 Å². The van der Waals surface area contributed by atoms with Crippen LogP contribution in [0.25, 0.3) is 0 Å². The number of nitrogens with one attached hydrogen (secondary N) is 1. The van der Waals surface area contributed by atoms with Crippen LogP contribution < -0.4 is 5.56 Å². The number of aromatic nitrogens is 2. The lowest BCUT2D eigenvalue weighted by Gasteiger charge is -2.38. The first-order valence-corrected chi connectivity index (χ1v) is 11.6. The van der Waals surface area contributed by atoms with Crippen LogP contribution in [0.2, 0.25) is 0 Å². The van der Waals surface area contributed by atoms with Crippen molar-refractivity contribution in [2.45, 2.75) is 109 Å². The van der Waals surface area contributed by atoms with Crippen molar-refractivity contribution in [2.75, 3.05) is 0 Å². The second-order valence-corrected chi connectivity index (χ2v) is 9.47. The Balaban J connectivity index is 1.51. The molecule has 3 heteroatoms. The average Bonchev–Trinajstić information content (AvgIpc) is 3.32. The van der Waals surface area contributed by atoms with E-state index in [2.05, 4.69) is 9.78 Å². The Kier molecular flexibility index (Phi) is 6.22. The molecular weight excluding hydrogens is 320 g/mol. The van der Waals surface area contributed by atoms with Crippen LogP contribution in [-0.2, 0) is 6.42 Å². The first-order chi connectivity index (χ1) is 12.8. The van der Waals surface area contributed by atoms with Gasteiger partial charge in [0, 0.05) is 11.8 Å². The molecule has 1 aromatic rings. The van der Waals surface area contributed by atoms with Gasteiger partial charge in [0.05, 0.1) is 6.04 Å². The average molecular weight is 359 g/mol. The monoisotopic (exact) mass is 358 g/mol. The maximum Gasteiger partial charge on any atom is 0.266 e. The highest BCUT2D eigenvalue weighted by molar-refractivity contribution is 5.02. The van der Waals surface area contributed by atoms with Gasteiger partial charge >= 0.3 is 0 Å². The molecule has 4 rings (SSSR count). The molecule has 0 unspecified atom stereocenters. The molecule has 3 aliphatic carbocycles. The van der Waals surface area contributed by atoms with E-state index in [0.717, 1.165) is 12.3 Å². The predicted molar refractivity (Wildman–Crippen MR) is 108 cm³/mol. The summed E-state index contributed by atoms with van der Waals surface area (Å²) in [5, 5.41) is 3.60. The SMILES string of the molecule is O=c1cc(CCC2CCCC2)[nH]n1C(C1CCCCC1)C1CCCCC1. The minimum Gasteiger partial charge on any atom is -0.299 e. The quantitative estimate of drug-likeness (QED) is 0.665. The lowest BCUT2D eigenvalue weighted by Crippen LogP contribution is -2.35. The second-order valence-electron chi connectivity index (χ2n) is 9.47. The first-order valence-electron chi connectivity index (χ1n) is 11.6. The molecule has 0 spiro atoms. The van der Waals surface area contributed by atoms with E-state index in [1.807, 2.05) is 6.07 Å². The van der Waals surface area contributed by atoms with Crippen LogP contribution in [-0.4, -0.2) is 9.78 Å². The molecule has 3 aliphatic rings. The molecule has 1 heterocycles. The molecule has 1 N–H and O–H groups in total. The number of H-pyrrole nitrogens is 1. The predicted octanol–water partition coefficient (Wildman–Crippen LogP) is 6.00. The summed E-state index contributed by atoms with van der Waals surface area (Å²) in [4.78, 5) is 12.9. The standard InChI is InChI=1S/C23H38N2O/c26-22-17-21(16-15-18-9-7-8-10-18)24-25(22)23(19-11-3-1-4-12-19)20-13-5-2-6-14-20/h17-20,23-24H,1-16H2. The van der Waals surface area contributed by atoms with E-state index in [9.17, 15) is 4.79 Å². The number of aromatic amines is 1. The summed E-state index contributed by atoms with van der Waals surface area (Å²) in [6, 6.07) is 2.36. The van der Waals surface area contributed by atoms with E-state index < -0.39 is 0 Å². The van der Waals surface area contributed by atoms with Gasteiger partial charge in [-0.3, -0.25) is 9.89 Å². The molecule has 3 fully saturated rings. The van der Waals surface area contributed by atoms with Gasteiger partial charge < -0.3 is 0 Å². The second kappa shape index (κ2) is 8.80. The highest BCUT2D eigenvalue weighted by Crippen LogP contribution is 2.42. The molecule has 0 aromatic carbocycles. The number of nitrogens with zero attached hydrogens (tertiary/aromatic N) is 1. The summed E-state index contributed by atoms with van der Waals surface area (Å²) in [5.41, 5.74) is 1.44. The lowest BCUT2D eigenvalue weighted by molar-refractivity contribution is 0.135. The summed E-state index contributed by atoms with van der Waals surface area (Å²) in [5.74, 6) is 2.33. The molecule has 0 bridgehead atoms. The molecule has 0 radical (unpaired) electrons. The minimum atomic E-state index is 0.243. The first kappa shape index (κ1) is 18.4. The molecule has 1 aromatic heterocycles. The fourth-order valence-corrected chi connectivity index (χ4v) is 6.23. The van der Waals surface area contributed by atoms with E-state index >= 15 is 0 Å². The molecule has 0 aliphatic heterocycles. The lowest BCUT2D eigenvalue weighted by atomic mass is 9.74. The molecule has 3 saturated carbocycles. The summed E-state index contributed by atoms with van der Waals surface area (Å²) in [6.45, 7) is 0. The van der Waals surface area contributed by atoms with Crippen LogP contribution >= 0.6 is 0 Å². The van der Waals surface area contributed by atoms with Gasteiger partial charge in [0.25, 0.3) is 5.56 Å². The van der Waals surface area contributed by atoms with Crippen molar-refractivity contribution in [2.24, 2.45) is 17.8 Å². The van der Waals surface area contributed by atoms with Crippen molar-refractivity contribution in [3.05, 3.63) is 22.1 Å². The molecule has 26 heavy (non-hydrogen) atoms. The highest BCUT2D eigenvalue weighted by Gasteiger charge is 2.34. The largest absolute Gasteiger partial charge is 0.299 e. The third-order valence-electron chi connectivity index (χ3n) is 7.66. The minimum absolute atomic E-state index is 0.243. The summed E-state index contributed by atoms with van der Waals surface area (Å²) in [7, 11) is 0. The van der Waals surface area contributed by atoms with Crippen LogP contribution in [0.3, 0.4) is 0 Å². The third kappa shape index (κ3) is 4.28. The van der Waals surface area contributed by atoms with Crippen molar-refractivity contribution < 1.29 is 0 Å². The Labute approximate surface area is 158 Å². The fraction of sp³-hybridized carbons (Fsp3) is 0.870. The Morgan fingerprint density at radius 1 is 0.846 bits per heavy atom. The molecule has 0 saturated heterocycles. The van der Waals surface area contributed by atoms with Gasteiger partial charge in [-0.25, -0.2) is 4.68 Å². The number of rotatable bonds is 6. The summed E-state index contributed by atoms with van der Waals surface area (Å²) >= 11 is 0. The fourth-order valence-electron chi connectivity index (χ4n) is 6.23. The van der Waals surface area contributed by atoms with Gasteiger partial charge in [-0.1, -0.05) is 64.2 Å². The normalized spacial score (nSPS) is 23.9. The number of aryl methyl sites for hydroxylation is 1. The topological polar surface area (TPSA) is 37.8 Å². The summed E-state index contributed by atoms with van der Waals surface area (Å²) in [6.07, 6.45) is 21.5. The van der Waals surface area contributed by atoms with Crippen molar-refractivity contribution in [3.8, 4) is 0 Å². The number of hydrogen-bond donors (Lipinski definition) is 1. The Morgan fingerprint density at radius 2 is 1.38 bits per heavy atom. The maximum atomic E-state index is 12.9. The van der Waals surface area contributed by atoms with Gasteiger partial charge in [0.15, 0.2) is 0 Å². The molecular formula is C23H38N2O. The van der Waals surface area contributed by atoms with Crippen molar-refractivity contribution in [1.29, 1.82) is 0 Å². The molecule has 3 nitrogen and oxygen atoms in total. The zero-order chi connectivity index (χ0) is 17.8. The van der Waals surface area contributed by atoms with E-state index in [4.69, 9.17) is 0 Å². The van der Waals surface area contributed by atoms with Crippen molar-refractivity contribution in [3.63, 3.8) is 0 Å². The third-order valence-corrected chi connectivity index (χ3v) is 7.66. The maximum absolute atomic E-state index is 12.9. The van der Waals surface area contributed by atoms with Gasteiger partial charge in [-0.2, -0.15) is 0 Å².